The summed E-state index contributed by atoms with van der Waals surface area (Å²) in [5.41, 5.74) is 0.675. The number of rotatable bonds is 1. The van der Waals surface area contributed by atoms with Crippen molar-refractivity contribution in [1.82, 2.24) is 9.88 Å². The average molecular weight is 297 g/mol. The summed E-state index contributed by atoms with van der Waals surface area (Å²) >= 11 is 3.28. The number of carbonyl (C=O) groups is 1. The monoisotopic (exact) mass is 296 g/mol. The maximum atomic E-state index is 12.4. The van der Waals surface area contributed by atoms with Crippen molar-refractivity contribution in [3.05, 3.63) is 28.5 Å². The summed E-state index contributed by atoms with van der Waals surface area (Å²) in [6, 6.07) is 4.30. The van der Waals surface area contributed by atoms with E-state index < -0.39 is 0 Å². The van der Waals surface area contributed by atoms with E-state index in [0.717, 1.165) is 17.4 Å². The minimum absolute atomic E-state index is 0.102. The summed E-state index contributed by atoms with van der Waals surface area (Å²) < 4.78 is 0.758. The molecule has 1 fully saturated rings. The van der Waals surface area contributed by atoms with Gasteiger partial charge in [0, 0.05) is 18.3 Å². The first-order valence-electron chi connectivity index (χ1n) is 6.04. The van der Waals surface area contributed by atoms with Crippen molar-refractivity contribution in [1.29, 1.82) is 0 Å². The molecule has 1 aromatic heterocycles. The SMILES string of the molecule is CC1CCCC(C)N1C(=O)c1ccc(Br)nc1. The first-order chi connectivity index (χ1) is 8.09. The number of hydrogen-bond donors (Lipinski definition) is 0. The fourth-order valence-electron chi connectivity index (χ4n) is 2.47. The van der Waals surface area contributed by atoms with Gasteiger partial charge in [-0.15, -0.1) is 0 Å². The molecule has 1 amide bonds. The summed E-state index contributed by atoms with van der Waals surface area (Å²) in [6.45, 7) is 4.25. The quantitative estimate of drug-likeness (QED) is 0.746. The molecule has 0 aromatic carbocycles. The van der Waals surface area contributed by atoms with Gasteiger partial charge >= 0.3 is 0 Å². The second kappa shape index (κ2) is 5.17. The van der Waals surface area contributed by atoms with Crippen LogP contribution in [0.4, 0.5) is 0 Å². The van der Waals surface area contributed by atoms with Crippen molar-refractivity contribution < 1.29 is 4.79 Å². The zero-order valence-electron chi connectivity index (χ0n) is 10.2. The highest BCUT2D eigenvalue weighted by Gasteiger charge is 2.29. The molecule has 0 saturated carbocycles. The molecule has 92 valence electrons. The van der Waals surface area contributed by atoms with Crippen LogP contribution in [0, 0.1) is 0 Å². The third-order valence-electron chi connectivity index (χ3n) is 3.40. The van der Waals surface area contributed by atoms with Crippen LogP contribution in [0.25, 0.3) is 0 Å². The van der Waals surface area contributed by atoms with E-state index in [9.17, 15) is 4.79 Å². The Balaban J connectivity index is 2.20. The van der Waals surface area contributed by atoms with E-state index in [0.29, 0.717) is 17.6 Å². The van der Waals surface area contributed by atoms with Gasteiger partial charge in [-0.25, -0.2) is 4.98 Å². The number of likely N-dealkylation sites (tertiary alicyclic amines) is 1. The van der Waals surface area contributed by atoms with Crippen molar-refractivity contribution in [2.75, 3.05) is 0 Å². The Bertz CT molecular complexity index is 394. The van der Waals surface area contributed by atoms with Gasteiger partial charge in [0.1, 0.15) is 4.60 Å². The summed E-state index contributed by atoms with van der Waals surface area (Å²) in [6.07, 6.45) is 5.05. The number of amides is 1. The topological polar surface area (TPSA) is 33.2 Å². The van der Waals surface area contributed by atoms with Crippen molar-refractivity contribution in [3.8, 4) is 0 Å². The van der Waals surface area contributed by atoms with Gasteiger partial charge in [0.15, 0.2) is 0 Å². The molecule has 1 aliphatic rings. The molecular formula is C13H17BrN2O. The fraction of sp³-hybridized carbons (Fsp3) is 0.538. The Kier molecular flexibility index (Phi) is 3.82. The Labute approximate surface area is 110 Å². The van der Waals surface area contributed by atoms with Crippen LogP contribution in [0.1, 0.15) is 43.5 Å². The second-order valence-corrected chi connectivity index (χ2v) is 5.52. The average Bonchev–Trinajstić information content (AvgIpc) is 2.29. The number of nitrogens with zero attached hydrogens (tertiary/aromatic N) is 2. The lowest BCUT2D eigenvalue weighted by atomic mass is 9.96. The van der Waals surface area contributed by atoms with Gasteiger partial charge in [0.25, 0.3) is 5.91 Å². The lowest BCUT2D eigenvalue weighted by Gasteiger charge is -2.39. The zero-order chi connectivity index (χ0) is 12.4. The third-order valence-corrected chi connectivity index (χ3v) is 3.87. The van der Waals surface area contributed by atoms with Gasteiger partial charge in [-0.1, -0.05) is 0 Å². The molecule has 1 aliphatic heterocycles. The minimum atomic E-state index is 0.102. The van der Waals surface area contributed by atoms with E-state index in [1.165, 1.54) is 6.42 Å². The standard InChI is InChI=1S/C13H17BrN2O/c1-9-4-3-5-10(2)16(9)13(17)11-6-7-12(14)15-8-11/h6-10H,3-5H2,1-2H3. The van der Waals surface area contributed by atoms with Crippen molar-refractivity contribution in [3.63, 3.8) is 0 Å². The molecule has 0 N–H and O–H groups in total. The van der Waals surface area contributed by atoms with Crippen LogP contribution in [0.5, 0.6) is 0 Å². The maximum Gasteiger partial charge on any atom is 0.255 e. The van der Waals surface area contributed by atoms with Crippen LogP contribution < -0.4 is 0 Å². The first kappa shape index (κ1) is 12.6. The number of piperidine rings is 1. The smallest absolute Gasteiger partial charge is 0.255 e. The molecule has 2 unspecified atom stereocenters. The van der Waals surface area contributed by atoms with Gasteiger partial charge in [0.2, 0.25) is 0 Å². The van der Waals surface area contributed by atoms with Crippen LogP contribution in [-0.2, 0) is 0 Å². The second-order valence-electron chi connectivity index (χ2n) is 4.71. The Morgan fingerprint density at radius 2 is 2.00 bits per heavy atom. The Hall–Kier alpha value is -0.900. The van der Waals surface area contributed by atoms with E-state index in [4.69, 9.17) is 0 Å². The van der Waals surface area contributed by atoms with E-state index in [1.54, 1.807) is 6.20 Å². The highest BCUT2D eigenvalue weighted by atomic mass is 79.9. The molecule has 4 heteroatoms. The molecule has 1 saturated heterocycles. The zero-order valence-corrected chi connectivity index (χ0v) is 11.8. The number of halogens is 1. The number of hydrogen-bond acceptors (Lipinski definition) is 2. The molecule has 0 aliphatic carbocycles. The minimum Gasteiger partial charge on any atom is -0.333 e. The molecule has 0 radical (unpaired) electrons. The number of aromatic nitrogens is 1. The van der Waals surface area contributed by atoms with Gasteiger partial charge in [-0.3, -0.25) is 4.79 Å². The fourth-order valence-corrected chi connectivity index (χ4v) is 2.71. The van der Waals surface area contributed by atoms with Gasteiger partial charge in [0.05, 0.1) is 5.56 Å². The molecular weight excluding hydrogens is 280 g/mol. The highest BCUT2D eigenvalue weighted by Crippen LogP contribution is 2.24. The Morgan fingerprint density at radius 1 is 1.35 bits per heavy atom. The molecule has 17 heavy (non-hydrogen) atoms. The van der Waals surface area contributed by atoms with E-state index >= 15 is 0 Å². The molecule has 1 aromatic rings. The van der Waals surface area contributed by atoms with Crippen LogP contribution >= 0.6 is 15.9 Å². The van der Waals surface area contributed by atoms with Crippen molar-refractivity contribution in [2.24, 2.45) is 0 Å². The van der Waals surface area contributed by atoms with Gasteiger partial charge < -0.3 is 4.90 Å². The van der Waals surface area contributed by atoms with Crippen molar-refractivity contribution in [2.45, 2.75) is 45.2 Å². The van der Waals surface area contributed by atoms with E-state index in [2.05, 4.69) is 34.8 Å². The lowest BCUT2D eigenvalue weighted by molar-refractivity contribution is 0.0510. The summed E-state index contributed by atoms with van der Waals surface area (Å²) in [7, 11) is 0. The summed E-state index contributed by atoms with van der Waals surface area (Å²) in [4.78, 5) is 18.5. The van der Waals surface area contributed by atoms with E-state index in [1.807, 2.05) is 17.0 Å². The van der Waals surface area contributed by atoms with Crippen LogP contribution in [-0.4, -0.2) is 27.9 Å². The van der Waals surface area contributed by atoms with Gasteiger partial charge in [-0.05, 0) is 61.2 Å². The largest absolute Gasteiger partial charge is 0.333 e. The summed E-state index contributed by atoms with van der Waals surface area (Å²) in [5.74, 6) is 0.102. The van der Waals surface area contributed by atoms with Crippen LogP contribution in [0.3, 0.4) is 0 Å². The third kappa shape index (κ3) is 2.68. The van der Waals surface area contributed by atoms with Crippen LogP contribution in [0.15, 0.2) is 22.9 Å². The van der Waals surface area contributed by atoms with Gasteiger partial charge in [-0.2, -0.15) is 0 Å². The van der Waals surface area contributed by atoms with E-state index in [-0.39, 0.29) is 5.91 Å². The molecule has 3 nitrogen and oxygen atoms in total. The van der Waals surface area contributed by atoms with Crippen molar-refractivity contribution >= 4 is 21.8 Å². The lowest BCUT2D eigenvalue weighted by Crippen LogP contribution is -2.47. The molecule has 2 heterocycles. The first-order valence-corrected chi connectivity index (χ1v) is 6.83. The Morgan fingerprint density at radius 3 is 2.53 bits per heavy atom. The predicted molar refractivity (Wildman–Crippen MR) is 70.9 cm³/mol. The molecule has 2 atom stereocenters. The number of pyridine rings is 1. The number of carbonyl (C=O) groups excluding carboxylic acids is 1. The molecule has 2 rings (SSSR count). The molecule has 0 bridgehead atoms. The van der Waals surface area contributed by atoms with Crippen LogP contribution in [0.2, 0.25) is 0 Å². The summed E-state index contributed by atoms with van der Waals surface area (Å²) in [5, 5.41) is 0. The maximum absolute atomic E-state index is 12.4. The predicted octanol–water partition coefficient (Wildman–Crippen LogP) is 3.25. The highest BCUT2D eigenvalue weighted by molar-refractivity contribution is 9.10. The normalized spacial score (nSPS) is 24.8. The molecule has 0 spiro atoms.